The number of nitrogens with two attached hydrogens (primary N) is 2. The van der Waals surface area contributed by atoms with Crippen molar-refractivity contribution in [3.8, 4) is 0 Å². The molecule has 5 N–H and O–H groups in total. The van der Waals surface area contributed by atoms with Crippen molar-refractivity contribution >= 4 is 27.6 Å². The number of primary sulfonamides is 1. The highest BCUT2D eigenvalue weighted by molar-refractivity contribution is 7.89. The molecule has 0 aliphatic carbocycles. The third kappa shape index (κ3) is 3.55. The molecule has 1 aromatic carbocycles. The average molecular weight is 310 g/mol. The maximum Gasteiger partial charge on any atom is 0.246 e. The average Bonchev–Trinajstić information content (AvgIpc) is 2.75. The van der Waals surface area contributed by atoms with Crippen LogP contribution in [0.2, 0.25) is 0 Å². The van der Waals surface area contributed by atoms with Crippen molar-refractivity contribution in [2.24, 2.45) is 5.14 Å². The quantitative estimate of drug-likeness (QED) is 0.691. The van der Waals surface area contributed by atoms with E-state index in [9.17, 15) is 13.2 Å². The van der Waals surface area contributed by atoms with Gasteiger partial charge in [0.05, 0.1) is 4.90 Å². The molecule has 0 saturated carbocycles. The molecule has 0 aliphatic rings. The first-order chi connectivity index (χ1) is 9.77. The number of sulfonamides is 1. The Kier molecular flexibility index (Phi) is 3.91. The first-order valence-electron chi connectivity index (χ1n) is 5.84. The van der Waals surface area contributed by atoms with Gasteiger partial charge in [0.2, 0.25) is 21.9 Å². The Morgan fingerprint density at radius 3 is 2.71 bits per heavy atom. The Morgan fingerprint density at radius 2 is 2.14 bits per heavy atom. The van der Waals surface area contributed by atoms with Crippen molar-refractivity contribution in [2.75, 3.05) is 11.1 Å². The molecule has 112 valence electrons. The lowest BCUT2D eigenvalue weighted by molar-refractivity contribution is -0.116. The van der Waals surface area contributed by atoms with E-state index in [4.69, 9.17) is 10.9 Å². The van der Waals surface area contributed by atoms with E-state index in [0.29, 0.717) is 11.3 Å². The predicted molar refractivity (Wildman–Crippen MR) is 75.6 cm³/mol. The standard InChI is InChI=1S/C11H14N6O3S/c1-7-8(3-2-4-9(7)21(13,19)20)15-10(18)5-17-6-14-11(12)16-17/h2-4,6H,5H2,1H3,(H2,12,16)(H,15,18)(H2,13,19,20). The van der Waals surface area contributed by atoms with Crippen molar-refractivity contribution in [3.63, 3.8) is 0 Å². The third-order valence-electron chi connectivity index (χ3n) is 2.72. The second-order valence-corrected chi connectivity index (χ2v) is 5.85. The summed E-state index contributed by atoms with van der Waals surface area (Å²) in [4.78, 5) is 15.5. The molecule has 0 saturated heterocycles. The van der Waals surface area contributed by atoms with E-state index in [1.807, 2.05) is 0 Å². The summed E-state index contributed by atoms with van der Waals surface area (Å²) in [6.07, 6.45) is 1.32. The summed E-state index contributed by atoms with van der Waals surface area (Å²) in [5.41, 5.74) is 6.07. The SMILES string of the molecule is Cc1c(NC(=O)Cn2cnc(N)n2)cccc1S(N)(=O)=O. The molecule has 1 heterocycles. The summed E-state index contributed by atoms with van der Waals surface area (Å²) in [5, 5.41) is 11.5. The lowest BCUT2D eigenvalue weighted by Gasteiger charge is -2.11. The molecular formula is C11H14N6O3S. The smallest absolute Gasteiger partial charge is 0.246 e. The van der Waals surface area contributed by atoms with Crippen LogP contribution >= 0.6 is 0 Å². The molecule has 0 spiro atoms. The third-order valence-corrected chi connectivity index (χ3v) is 3.78. The van der Waals surface area contributed by atoms with Gasteiger partial charge in [-0.1, -0.05) is 6.07 Å². The number of rotatable bonds is 4. The fourth-order valence-electron chi connectivity index (χ4n) is 1.78. The predicted octanol–water partition coefficient (Wildman–Crippen LogP) is -0.545. The minimum atomic E-state index is -3.84. The van der Waals surface area contributed by atoms with Gasteiger partial charge in [-0.2, -0.15) is 0 Å². The number of hydrogen-bond donors (Lipinski definition) is 3. The number of anilines is 2. The lowest BCUT2D eigenvalue weighted by atomic mass is 10.2. The molecule has 0 unspecified atom stereocenters. The van der Waals surface area contributed by atoms with Crippen LogP contribution in [-0.2, 0) is 21.4 Å². The van der Waals surface area contributed by atoms with Gasteiger partial charge in [-0.15, -0.1) is 5.10 Å². The molecule has 1 aromatic heterocycles. The van der Waals surface area contributed by atoms with Crippen molar-refractivity contribution in [2.45, 2.75) is 18.4 Å². The molecule has 1 amide bonds. The van der Waals surface area contributed by atoms with Crippen LogP contribution in [0.15, 0.2) is 29.4 Å². The molecule has 0 radical (unpaired) electrons. The second kappa shape index (κ2) is 5.50. The Balaban J connectivity index is 2.18. The van der Waals surface area contributed by atoms with E-state index < -0.39 is 15.9 Å². The van der Waals surface area contributed by atoms with Gasteiger partial charge in [0, 0.05) is 5.69 Å². The fourth-order valence-corrected chi connectivity index (χ4v) is 2.59. The van der Waals surface area contributed by atoms with E-state index in [0.717, 1.165) is 0 Å². The van der Waals surface area contributed by atoms with Crippen LogP contribution in [0.3, 0.4) is 0 Å². The summed E-state index contributed by atoms with van der Waals surface area (Å²) in [5.74, 6) is -0.329. The van der Waals surface area contributed by atoms with Crippen molar-refractivity contribution < 1.29 is 13.2 Å². The normalized spacial score (nSPS) is 11.3. The van der Waals surface area contributed by atoms with Gasteiger partial charge < -0.3 is 11.1 Å². The van der Waals surface area contributed by atoms with Gasteiger partial charge in [-0.05, 0) is 24.6 Å². The number of amides is 1. The maximum absolute atomic E-state index is 11.9. The van der Waals surface area contributed by atoms with Gasteiger partial charge in [-0.25, -0.2) is 23.2 Å². The van der Waals surface area contributed by atoms with E-state index in [-0.39, 0.29) is 17.4 Å². The van der Waals surface area contributed by atoms with Crippen molar-refractivity contribution in [1.29, 1.82) is 0 Å². The highest BCUT2D eigenvalue weighted by atomic mass is 32.2. The van der Waals surface area contributed by atoms with E-state index in [2.05, 4.69) is 15.4 Å². The van der Waals surface area contributed by atoms with Gasteiger partial charge in [-0.3, -0.25) is 4.79 Å². The number of carbonyl (C=O) groups is 1. The highest BCUT2D eigenvalue weighted by Crippen LogP contribution is 2.21. The molecule has 9 nitrogen and oxygen atoms in total. The summed E-state index contributed by atoms with van der Waals surface area (Å²) in [6.45, 7) is 1.46. The van der Waals surface area contributed by atoms with Crippen LogP contribution in [-0.4, -0.2) is 29.1 Å². The molecule has 10 heteroatoms. The van der Waals surface area contributed by atoms with Crippen LogP contribution in [0.4, 0.5) is 11.6 Å². The summed E-state index contributed by atoms with van der Waals surface area (Å²) < 4.78 is 24.1. The van der Waals surface area contributed by atoms with Crippen LogP contribution in [0.1, 0.15) is 5.56 Å². The minimum Gasteiger partial charge on any atom is -0.367 e. The zero-order chi connectivity index (χ0) is 15.6. The number of hydrogen-bond acceptors (Lipinski definition) is 6. The fraction of sp³-hybridized carbons (Fsp3) is 0.182. The molecular weight excluding hydrogens is 296 g/mol. The number of nitrogens with zero attached hydrogens (tertiary/aromatic N) is 3. The number of nitrogens with one attached hydrogen (secondary N) is 1. The molecule has 21 heavy (non-hydrogen) atoms. The minimum absolute atomic E-state index is 0.0368. The van der Waals surface area contributed by atoms with Gasteiger partial charge in [0.15, 0.2) is 0 Å². The Hall–Kier alpha value is -2.46. The zero-order valence-corrected chi connectivity index (χ0v) is 12.0. The van der Waals surface area contributed by atoms with E-state index in [1.54, 1.807) is 13.0 Å². The summed E-state index contributed by atoms with van der Waals surface area (Å²) >= 11 is 0. The monoisotopic (exact) mass is 310 g/mol. The van der Waals surface area contributed by atoms with Crippen LogP contribution in [0, 0.1) is 6.92 Å². The molecule has 0 aliphatic heterocycles. The Labute approximate surface area is 121 Å². The Morgan fingerprint density at radius 1 is 1.43 bits per heavy atom. The number of aromatic nitrogens is 3. The lowest BCUT2D eigenvalue weighted by Crippen LogP contribution is -2.21. The van der Waals surface area contributed by atoms with Gasteiger partial charge >= 0.3 is 0 Å². The first kappa shape index (κ1) is 14.9. The summed E-state index contributed by atoms with van der Waals surface area (Å²) in [6, 6.07) is 4.45. The number of benzene rings is 1. The van der Waals surface area contributed by atoms with Gasteiger partial charge in [0.25, 0.3) is 0 Å². The highest BCUT2D eigenvalue weighted by Gasteiger charge is 2.15. The first-order valence-corrected chi connectivity index (χ1v) is 7.39. The van der Waals surface area contributed by atoms with E-state index >= 15 is 0 Å². The molecule has 0 bridgehead atoms. The molecule has 0 fully saturated rings. The van der Waals surface area contributed by atoms with Crippen molar-refractivity contribution in [1.82, 2.24) is 14.8 Å². The molecule has 2 aromatic rings. The zero-order valence-electron chi connectivity index (χ0n) is 11.1. The molecule has 0 atom stereocenters. The number of carbonyl (C=O) groups excluding carboxylic acids is 1. The largest absolute Gasteiger partial charge is 0.367 e. The van der Waals surface area contributed by atoms with Crippen LogP contribution < -0.4 is 16.2 Å². The number of nitrogen functional groups attached to an aromatic ring is 1. The molecule has 2 rings (SSSR count). The van der Waals surface area contributed by atoms with Gasteiger partial charge in [0.1, 0.15) is 12.9 Å². The topological polar surface area (TPSA) is 146 Å². The van der Waals surface area contributed by atoms with E-state index in [1.165, 1.54) is 23.1 Å². The maximum atomic E-state index is 11.9. The second-order valence-electron chi connectivity index (χ2n) is 4.32. The van der Waals surface area contributed by atoms with Crippen molar-refractivity contribution in [3.05, 3.63) is 30.1 Å². The Bertz CT molecular complexity index is 783. The van der Waals surface area contributed by atoms with Crippen LogP contribution in [0.25, 0.3) is 0 Å². The van der Waals surface area contributed by atoms with Crippen LogP contribution in [0.5, 0.6) is 0 Å². The summed E-state index contributed by atoms with van der Waals surface area (Å²) in [7, 11) is -3.84.